The molecule has 18 heavy (non-hydrogen) atoms. The lowest BCUT2D eigenvalue weighted by molar-refractivity contribution is 0.0681. The first-order valence-electron chi connectivity index (χ1n) is 5.41. The third kappa shape index (κ3) is 3.11. The van der Waals surface area contributed by atoms with Crippen LogP contribution in [0, 0.1) is 0 Å². The molecule has 2 rings (SSSR count). The molecule has 0 amide bonds. The van der Waals surface area contributed by atoms with Crippen LogP contribution in [0.3, 0.4) is 0 Å². The van der Waals surface area contributed by atoms with Gasteiger partial charge in [-0.15, -0.1) is 0 Å². The van der Waals surface area contributed by atoms with E-state index in [1.165, 1.54) is 6.07 Å². The van der Waals surface area contributed by atoms with E-state index in [9.17, 15) is 4.79 Å². The second-order valence-corrected chi connectivity index (χ2v) is 3.66. The molecular weight excluding hydrogens is 232 g/mol. The molecule has 0 saturated carbocycles. The highest BCUT2D eigenvalue weighted by atomic mass is 16.5. The lowest BCUT2D eigenvalue weighted by Gasteiger charge is -2.06. The minimum atomic E-state index is -0.997. The quantitative estimate of drug-likeness (QED) is 0.869. The van der Waals surface area contributed by atoms with E-state index in [0.717, 1.165) is 5.56 Å². The summed E-state index contributed by atoms with van der Waals surface area (Å²) in [5, 5.41) is 8.98. The van der Waals surface area contributed by atoms with Crippen LogP contribution >= 0.6 is 0 Å². The Morgan fingerprint density at radius 2 is 2.06 bits per heavy atom. The molecule has 1 N–H and O–H groups in total. The van der Waals surface area contributed by atoms with Crippen LogP contribution < -0.4 is 0 Å². The Kier molecular flexibility index (Phi) is 3.98. The summed E-state index contributed by atoms with van der Waals surface area (Å²) in [5.41, 5.74) is 1.53. The standard InChI is InChI=1S/C13H12N2O3/c16-13(17)11-4-2-6-15-12(11)9-18-8-10-3-1-5-14-7-10/h1-7H,8-9H2,(H,16,17). The smallest absolute Gasteiger partial charge is 0.337 e. The van der Waals surface area contributed by atoms with Gasteiger partial charge in [0.1, 0.15) is 0 Å². The average molecular weight is 244 g/mol. The first-order valence-corrected chi connectivity index (χ1v) is 5.41. The zero-order valence-electron chi connectivity index (χ0n) is 9.61. The number of hydrogen-bond acceptors (Lipinski definition) is 4. The summed E-state index contributed by atoms with van der Waals surface area (Å²) in [5.74, 6) is -0.997. The number of hydrogen-bond donors (Lipinski definition) is 1. The van der Waals surface area contributed by atoms with E-state index >= 15 is 0 Å². The molecule has 5 heteroatoms. The lowest BCUT2D eigenvalue weighted by atomic mass is 10.2. The summed E-state index contributed by atoms with van der Waals surface area (Å²) in [4.78, 5) is 18.9. The van der Waals surface area contributed by atoms with Gasteiger partial charge in [0.25, 0.3) is 0 Å². The van der Waals surface area contributed by atoms with Crippen LogP contribution in [0.4, 0.5) is 0 Å². The van der Waals surface area contributed by atoms with Gasteiger partial charge < -0.3 is 9.84 Å². The third-order valence-electron chi connectivity index (χ3n) is 2.35. The molecule has 5 nitrogen and oxygen atoms in total. The van der Waals surface area contributed by atoms with Crippen molar-refractivity contribution in [2.45, 2.75) is 13.2 Å². The molecular formula is C13H12N2O3. The summed E-state index contributed by atoms with van der Waals surface area (Å²) in [7, 11) is 0. The molecule has 0 radical (unpaired) electrons. The Morgan fingerprint density at radius 3 is 2.78 bits per heavy atom. The van der Waals surface area contributed by atoms with Gasteiger partial charge in [0.2, 0.25) is 0 Å². The van der Waals surface area contributed by atoms with E-state index in [-0.39, 0.29) is 12.2 Å². The summed E-state index contributed by atoms with van der Waals surface area (Å²) in [6.07, 6.45) is 4.94. The first-order chi connectivity index (χ1) is 8.77. The Balaban J connectivity index is 1.97. The third-order valence-corrected chi connectivity index (χ3v) is 2.35. The zero-order valence-corrected chi connectivity index (χ0v) is 9.61. The topological polar surface area (TPSA) is 72.3 Å². The molecule has 0 aliphatic carbocycles. The van der Waals surface area contributed by atoms with Gasteiger partial charge in [0, 0.05) is 18.6 Å². The van der Waals surface area contributed by atoms with Crippen molar-refractivity contribution in [1.82, 2.24) is 9.97 Å². The minimum Gasteiger partial charge on any atom is -0.478 e. The predicted molar refractivity (Wildman–Crippen MR) is 63.9 cm³/mol. The molecule has 0 atom stereocenters. The fourth-order valence-electron chi connectivity index (χ4n) is 1.50. The largest absolute Gasteiger partial charge is 0.478 e. The number of rotatable bonds is 5. The van der Waals surface area contributed by atoms with Crippen molar-refractivity contribution in [3.63, 3.8) is 0 Å². The van der Waals surface area contributed by atoms with E-state index in [1.54, 1.807) is 24.7 Å². The Hall–Kier alpha value is -2.27. The normalized spacial score (nSPS) is 10.2. The summed E-state index contributed by atoms with van der Waals surface area (Å²) in [6, 6.07) is 6.82. The van der Waals surface area contributed by atoms with Gasteiger partial charge in [-0.25, -0.2) is 4.79 Å². The highest BCUT2D eigenvalue weighted by molar-refractivity contribution is 5.88. The molecule has 92 valence electrons. The van der Waals surface area contributed by atoms with Crippen molar-refractivity contribution in [1.29, 1.82) is 0 Å². The van der Waals surface area contributed by atoms with Crippen molar-refractivity contribution < 1.29 is 14.6 Å². The van der Waals surface area contributed by atoms with Crippen LogP contribution in [0.5, 0.6) is 0 Å². The van der Waals surface area contributed by atoms with E-state index in [1.807, 2.05) is 12.1 Å². The Bertz CT molecular complexity index is 529. The second-order valence-electron chi connectivity index (χ2n) is 3.66. The lowest BCUT2D eigenvalue weighted by Crippen LogP contribution is -2.06. The van der Waals surface area contributed by atoms with Crippen LogP contribution in [0.1, 0.15) is 21.6 Å². The van der Waals surface area contributed by atoms with Crippen LogP contribution in [0.25, 0.3) is 0 Å². The maximum absolute atomic E-state index is 10.9. The maximum atomic E-state index is 10.9. The molecule has 0 fully saturated rings. The molecule has 0 bridgehead atoms. The van der Waals surface area contributed by atoms with Gasteiger partial charge in [-0.05, 0) is 23.8 Å². The van der Waals surface area contributed by atoms with Crippen molar-refractivity contribution in [3.05, 3.63) is 59.7 Å². The Morgan fingerprint density at radius 1 is 1.22 bits per heavy atom. The van der Waals surface area contributed by atoms with Crippen LogP contribution in [0.15, 0.2) is 42.9 Å². The number of carboxylic acids is 1. The summed E-state index contributed by atoms with van der Waals surface area (Å²) in [6.45, 7) is 0.543. The minimum absolute atomic E-state index is 0.164. The highest BCUT2D eigenvalue weighted by Gasteiger charge is 2.10. The number of ether oxygens (including phenoxy) is 1. The monoisotopic (exact) mass is 244 g/mol. The molecule has 0 spiro atoms. The van der Waals surface area contributed by atoms with Crippen molar-refractivity contribution in [2.24, 2.45) is 0 Å². The van der Waals surface area contributed by atoms with Gasteiger partial charge in [-0.2, -0.15) is 0 Å². The van der Waals surface area contributed by atoms with Crippen molar-refractivity contribution in [2.75, 3.05) is 0 Å². The molecule has 0 aliphatic heterocycles. The fourth-order valence-corrected chi connectivity index (χ4v) is 1.50. The van der Waals surface area contributed by atoms with Gasteiger partial charge in [-0.3, -0.25) is 9.97 Å². The number of carboxylic acid groups (broad SMARTS) is 1. The SMILES string of the molecule is O=C(O)c1cccnc1COCc1cccnc1. The van der Waals surface area contributed by atoms with Crippen LogP contribution in [-0.4, -0.2) is 21.0 Å². The summed E-state index contributed by atoms with van der Waals surface area (Å²) >= 11 is 0. The van der Waals surface area contributed by atoms with E-state index in [2.05, 4.69) is 9.97 Å². The number of aromatic carboxylic acids is 1. The van der Waals surface area contributed by atoms with Crippen molar-refractivity contribution in [3.8, 4) is 0 Å². The van der Waals surface area contributed by atoms with Crippen LogP contribution in [0.2, 0.25) is 0 Å². The van der Waals surface area contributed by atoms with E-state index in [4.69, 9.17) is 9.84 Å². The number of carbonyl (C=O) groups is 1. The van der Waals surface area contributed by atoms with Gasteiger partial charge in [0.15, 0.2) is 0 Å². The molecule has 2 aromatic rings. The van der Waals surface area contributed by atoms with Gasteiger partial charge in [-0.1, -0.05) is 6.07 Å². The molecule has 0 unspecified atom stereocenters. The predicted octanol–water partition coefficient (Wildman–Crippen LogP) is 1.89. The Labute approximate surface area is 104 Å². The maximum Gasteiger partial charge on any atom is 0.337 e. The van der Waals surface area contributed by atoms with Gasteiger partial charge >= 0.3 is 5.97 Å². The molecule has 0 saturated heterocycles. The van der Waals surface area contributed by atoms with E-state index in [0.29, 0.717) is 12.3 Å². The fraction of sp³-hybridized carbons (Fsp3) is 0.154. The number of nitrogens with zero attached hydrogens (tertiary/aromatic N) is 2. The van der Waals surface area contributed by atoms with Crippen LogP contribution in [-0.2, 0) is 18.0 Å². The zero-order chi connectivity index (χ0) is 12.8. The number of pyridine rings is 2. The first kappa shape index (κ1) is 12.2. The molecule has 0 aliphatic rings. The summed E-state index contributed by atoms with van der Waals surface area (Å²) < 4.78 is 5.43. The highest BCUT2D eigenvalue weighted by Crippen LogP contribution is 2.08. The molecule has 0 aromatic carbocycles. The second kappa shape index (κ2) is 5.88. The van der Waals surface area contributed by atoms with E-state index < -0.39 is 5.97 Å². The van der Waals surface area contributed by atoms with Gasteiger partial charge in [0.05, 0.1) is 24.5 Å². The molecule has 2 aromatic heterocycles. The van der Waals surface area contributed by atoms with Crippen molar-refractivity contribution >= 4 is 5.97 Å². The molecule has 2 heterocycles. The number of aromatic nitrogens is 2. The average Bonchev–Trinajstić information content (AvgIpc) is 2.40.